The summed E-state index contributed by atoms with van der Waals surface area (Å²) in [7, 11) is -3.15. The topological polar surface area (TPSA) is 121 Å². The maximum atomic E-state index is 12.6. The molecule has 0 aromatic rings. The minimum Gasteiger partial charge on any atom is -0.351 e. The molecule has 1 N–H and O–H groups in total. The molecule has 0 radical (unpaired) electrons. The number of hydrogen-bond donors (Lipinski definition) is 1. The van der Waals surface area contributed by atoms with Crippen molar-refractivity contribution in [2.24, 2.45) is 5.92 Å². The van der Waals surface area contributed by atoms with E-state index < -0.39 is 46.2 Å². The van der Waals surface area contributed by atoms with E-state index in [2.05, 4.69) is 5.32 Å². The van der Waals surface area contributed by atoms with Gasteiger partial charge in [-0.25, -0.2) is 18.1 Å². The van der Waals surface area contributed by atoms with Gasteiger partial charge in [-0.2, -0.15) is 0 Å². The van der Waals surface area contributed by atoms with E-state index in [4.69, 9.17) is 0 Å². The molecule has 0 unspecified atom stereocenters. The number of carbonyl (C=O) groups is 4. The van der Waals surface area contributed by atoms with E-state index in [1.54, 1.807) is 0 Å². The number of rotatable bonds is 4. The zero-order valence-electron chi connectivity index (χ0n) is 14.6. The average Bonchev–Trinajstić information content (AvgIpc) is 3.00. The highest BCUT2D eigenvalue weighted by Gasteiger charge is 2.49. The van der Waals surface area contributed by atoms with Gasteiger partial charge in [0.2, 0.25) is 5.91 Å². The molecule has 10 heteroatoms. The summed E-state index contributed by atoms with van der Waals surface area (Å²) in [6.07, 6.45) is 3.76. The van der Waals surface area contributed by atoms with Gasteiger partial charge >= 0.3 is 17.8 Å². The first-order valence-electron chi connectivity index (χ1n) is 8.88. The molecule has 9 nitrogen and oxygen atoms in total. The fourth-order valence-corrected chi connectivity index (χ4v) is 5.63. The minimum atomic E-state index is -3.15. The molecule has 0 bridgehead atoms. The van der Waals surface area contributed by atoms with Gasteiger partial charge in [0.15, 0.2) is 9.84 Å². The third-order valence-electron chi connectivity index (χ3n) is 5.38. The van der Waals surface area contributed by atoms with Crippen molar-refractivity contribution in [2.75, 3.05) is 18.1 Å². The quantitative estimate of drug-likeness (QED) is 0.522. The van der Waals surface area contributed by atoms with Crippen LogP contribution in [-0.2, 0) is 24.2 Å². The Kier molecular flexibility index (Phi) is 5.05. The molecule has 3 atom stereocenters. The van der Waals surface area contributed by atoms with E-state index in [0.717, 1.165) is 24.2 Å². The first kappa shape index (κ1) is 18.8. The zero-order chi connectivity index (χ0) is 19.1. The summed E-state index contributed by atoms with van der Waals surface area (Å²) >= 11 is 0. The molecule has 144 valence electrons. The van der Waals surface area contributed by atoms with Crippen molar-refractivity contribution in [3.8, 4) is 0 Å². The Hall–Kier alpha value is -1.97. The van der Waals surface area contributed by atoms with E-state index in [0.29, 0.717) is 17.7 Å². The standard InChI is InChI=1S/C16H23N3O6S/c1-10-4-2-3-5-12(10)19-15(22)14(21)18(16(19)23)8-13(20)17-11-6-7-26(24,25)9-11/h10-12H,2-9H2,1H3,(H,17,20)/t10-,11-,12-/m1/s1. The van der Waals surface area contributed by atoms with Crippen molar-refractivity contribution < 1.29 is 27.6 Å². The van der Waals surface area contributed by atoms with Gasteiger partial charge in [-0.15, -0.1) is 0 Å². The molecule has 1 saturated carbocycles. The van der Waals surface area contributed by atoms with Crippen LogP contribution in [0.25, 0.3) is 0 Å². The normalized spacial score (nSPS) is 31.6. The summed E-state index contributed by atoms with van der Waals surface area (Å²) < 4.78 is 22.9. The first-order valence-corrected chi connectivity index (χ1v) is 10.7. The second kappa shape index (κ2) is 6.98. The molecule has 5 amide bonds. The molecular formula is C16H23N3O6S. The van der Waals surface area contributed by atoms with Crippen LogP contribution < -0.4 is 5.32 Å². The third-order valence-corrected chi connectivity index (χ3v) is 7.15. The van der Waals surface area contributed by atoms with E-state index in [9.17, 15) is 27.6 Å². The van der Waals surface area contributed by atoms with Gasteiger partial charge in [0.05, 0.1) is 11.5 Å². The van der Waals surface area contributed by atoms with Gasteiger partial charge in [-0.1, -0.05) is 19.8 Å². The predicted octanol–water partition coefficient (Wildman–Crippen LogP) is -0.341. The van der Waals surface area contributed by atoms with Crippen LogP contribution in [0, 0.1) is 5.92 Å². The van der Waals surface area contributed by atoms with E-state index in [1.165, 1.54) is 0 Å². The van der Waals surface area contributed by atoms with Crippen molar-refractivity contribution in [3.05, 3.63) is 0 Å². The molecule has 0 aromatic heterocycles. The van der Waals surface area contributed by atoms with Crippen LogP contribution in [0.2, 0.25) is 0 Å². The fourth-order valence-electron chi connectivity index (χ4n) is 3.96. The molecule has 26 heavy (non-hydrogen) atoms. The number of nitrogens with zero attached hydrogens (tertiary/aromatic N) is 2. The largest absolute Gasteiger partial charge is 0.351 e. The molecule has 0 spiro atoms. The van der Waals surface area contributed by atoms with Gasteiger partial charge in [0.25, 0.3) is 0 Å². The molecule has 2 heterocycles. The predicted molar refractivity (Wildman–Crippen MR) is 90.6 cm³/mol. The number of amides is 5. The summed E-state index contributed by atoms with van der Waals surface area (Å²) in [6.45, 7) is 1.38. The van der Waals surface area contributed by atoms with Crippen LogP contribution in [0.5, 0.6) is 0 Å². The molecule has 3 rings (SSSR count). The molecule has 0 aromatic carbocycles. The summed E-state index contributed by atoms with van der Waals surface area (Å²) in [5, 5.41) is 2.53. The minimum absolute atomic E-state index is 0.00531. The molecular weight excluding hydrogens is 362 g/mol. The van der Waals surface area contributed by atoms with E-state index >= 15 is 0 Å². The fraction of sp³-hybridized carbons (Fsp3) is 0.750. The highest BCUT2D eigenvalue weighted by molar-refractivity contribution is 7.91. The van der Waals surface area contributed by atoms with Crippen LogP contribution in [0.4, 0.5) is 4.79 Å². The van der Waals surface area contributed by atoms with Crippen LogP contribution in [0.1, 0.15) is 39.0 Å². The number of hydrogen-bond acceptors (Lipinski definition) is 6. The van der Waals surface area contributed by atoms with Crippen LogP contribution in [0.3, 0.4) is 0 Å². The van der Waals surface area contributed by atoms with Gasteiger partial charge < -0.3 is 5.32 Å². The van der Waals surface area contributed by atoms with E-state index in [1.807, 2.05) is 6.92 Å². The Balaban J connectivity index is 1.65. The van der Waals surface area contributed by atoms with Crippen molar-refractivity contribution in [3.63, 3.8) is 0 Å². The van der Waals surface area contributed by atoms with Gasteiger partial charge in [-0.05, 0) is 25.2 Å². The molecule has 3 fully saturated rings. The lowest BCUT2D eigenvalue weighted by atomic mass is 9.85. The molecule has 3 aliphatic rings. The Morgan fingerprint density at radius 2 is 1.81 bits per heavy atom. The third kappa shape index (κ3) is 3.60. The highest BCUT2D eigenvalue weighted by Crippen LogP contribution is 2.31. The first-order chi connectivity index (χ1) is 12.2. The zero-order valence-corrected chi connectivity index (χ0v) is 15.5. The lowest BCUT2D eigenvalue weighted by molar-refractivity contribution is -0.145. The summed E-state index contributed by atoms with van der Waals surface area (Å²) in [6, 6.07) is -1.60. The SMILES string of the molecule is C[C@@H]1CCCC[C@H]1N1C(=O)C(=O)N(CC(=O)N[C@@H]2CCS(=O)(=O)C2)C1=O. The highest BCUT2D eigenvalue weighted by atomic mass is 32.2. The Morgan fingerprint density at radius 1 is 1.12 bits per heavy atom. The summed E-state index contributed by atoms with van der Waals surface area (Å²) in [5.74, 6) is -2.55. The Bertz CT molecular complexity index is 749. The van der Waals surface area contributed by atoms with Crippen molar-refractivity contribution in [1.82, 2.24) is 15.1 Å². The van der Waals surface area contributed by atoms with Gasteiger partial charge in [-0.3, -0.25) is 19.3 Å². The maximum absolute atomic E-state index is 12.6. The smallest absolute Gasteiger partial charge is 0.334 e. The molecule has 1 aliphatic carbocycles. The Labute approximate surface area is 152 Å². The number of imide groups is 2. The second-order valence-corrected chi connectivity index (χ2v) is 9.57. The van der Waals surface area contributed by atoms with Gasteiger partial charge in [0.1, 0.15) is 6.54 Å². The molecule has 2 aliphatic heterocycles. The van der Waals surface area contributed by atoms with Crippen molar-refractivity contribution in [1.29, 1.82) is 0 Å². The number of nitrogens with one attached hydrogen (secondary N) is 1. The maximum Gasteiger partial charge on any atom is 0.334 e. The van der Waals surface area contributed by atoms with Gasteiger partial charge in [0, 0.05) is 12.1 Å². The van der Waals surface area contributed by atoms with Crippen molar-refractivity contribution in [2.45, 2.75) is 51.1 Å². The number of carbonyl (C=O) groups excluding carboxylic acids is 4. The lowest BCUT2D eigenvalue weighted by Crippen LogP contribution is -2.47. The lowest BCUT2D eigenvalue weighted by Gasteiger charge is -2.34. The Morgan fingerprint density at radius 3 is 2.42 bits per heavy atom. The monoisotopic (exact) mass is 385 g/mol. The second-order valence-electron chi connectivity index (χ2n) is 7.35. The van der Waals surface area contributed by atoms with Crippen molar-refractivity contribution >= 4 is 33.6 Å². The van der Waals surface area contributed by atoms with Crippen LogP contribution in [-0.4, -0.2) is 72.1 Å². The molecule has 2 saturated heterocycles. The summed E-state index contributed by atoms with van der Waals surface area (Å²) in [4.78, 5) is 50.8. The average molecular weight is 385 g/mol. The van der Waals surface area contributed by atoms with Crippen LogP contribution >= 0.6 is 0 Å². The van der Waals surface area contributed by atoms with E-state index in [-0.39, 0.29) is 23.5 Å². The summed E-state index contributed by atoms with van der Waals surface area (Å²) in [5.41, 5.74) is 0. The van der Waals surface area contributed by atoms with Crippen LogP contribution in [0.15, 0.2) is 0 Å². The number of sulfone groups is 1. The number of urea groups is 1.